The van der Waals surface area contributed by atoms with Gasteiger partial charge < -0.3 is 36.6 Å². The molecule has 1 rings (SSSR count). The highest BCUT2D eigenvalue weighted by Crippen LogP contribution is 2.19. The highest BCUT2D eigenvalue weighted by molar-refractivity contribution is 5.94. The molecular weight excluding hydrogens is 384 g/mol. The maximum absolute atomic E-state index is 12.8. The number of likely N-dealkylation sites (tertiary alicyclic amines) is 1. The molecule has 7 N–H and O–H groups in total. The molecule has 1 fully saturated rings. The first-order valence-electron chi connectivity index (χ1n) is 9.64. The van der Waals surface area contributed by atoms with Gasteiger partial charge in [-0.15, -0.1) is 0 Å². The van der Waals surface area contributed by atoms with Gasteiger partial charge in [-0.3, -0.25) is 14.4 Å². The predicted molar refractivity (Wildman–Crippen MR) is 102 cm³/mol. The van der Waals surface area contributed by atoms with Crippen molar-refractivity contribution in [3.63, 3.8) is 0 Å². The number of amides is 3. The summed E-state index contributed by atoms with van der Waals surface area (Å²) in [6, 6.07) is -4.58. The standard InChI is InChI=1S/C18H32N4O7/c1-8(2)13(16(26)21-14(10(4)24)18(28)29)20-15(25)11-6-5-7-22(11)17(27)12(19)9(3)23/h8-14,23-24H,5-7,19H2,1-4H3,(H,20,25)(H,21,26)(H,28,29)/t9-,10-,11+,12+,13+,14+/m1/s1. The Morgan fingerprint density at radius 2 is 1.59 bits per heavy atom. The lowest BCUT2D eigenvalue weighted by Gasteiger charge is -2.30. The minimum atomic E-state index is -1.52. The van der Waals surface area contributed by atoms with E-state index in [4.69, 9.17) is 10.8 Å². The summed E-state index contributed by atoms with van der Waals surface area (Å²) in [6.07, 6.45) is -1.46. The van der Waals surface area contributed by atoms with Crippen LogP contribution in [0, 0.1) is 5.92 Å². The van der Waals surface area contributed by atoms with E-state index in [1.807, 2.05) is 0 Å². The van der Waals surface area contributed by atoms with Crippen molar-refractivity contribution in [2.75, 3.05) is 6.54 Å². The Morgan fingerprint density at radius 1 is 1.00 bits per heavy atom. The van der Waals surface area contributed by atoms with E-state index in [2.05, 4.69) is 10.6 Å². The van der Waals surface area contributed by atoms with Gasteiger partial charge in [0.25, 0.3) is 0 Å². The fraction of sp³-hybridized carbons (Fsp3) is 0.778. The van der Waals surface area contributed by atoms with Gasteiger partial charge >= 0.3 is 5.97 Å². The summed E-state index contributed by atoms with van der Waals surface area (Å²) in [4.78, 5) is 50.2. The second-order valence-corrected chi connectivity index (χ2v) is 7.75. The molecular formula is C18H32N4O7. The molecule has 0 saturated carbocycles. The van der Waals surface area contributed by atoms with Crippen molar-refractivity contribution in [1.29, 1.82) is 0 Å². The second kappa shape index (κ2) is 10.5. The lowest BCUT2D eigenvalue weighted by atomic mass is 10.0. The van der Waals surface area contributed by atoms with E-state index in [-0.39, 0.29) is 5.92 Å². The number of nitrogens with two attached hydrogens (primary N) is 1. The SMILES string of the molecule is CC(C)[C@H](NC(=O)[C@@H]1CCCN1C(=O)[C@@H](N)[C@@H](C)O)C(=O)N[C@H](C(=O)O)[C@@H](C)O. The molecule has 0 aromatic heterocycles. The van der Waals surface area contributed by atoms with Crippen molar-refractivity contribution in [2.45, 2.75) is 76.9 Å². The molecule has 29 heavy (non-hydrogen) atoms. The zero-order valence-corrected chi connectivity index (χ0v) is 17.2. The Bertz CT molecular complexity index is 623. The van der Waals surface area contributed by atoms with E-state index in [0.717, 1.165) is 0 Å². The van der Waals surface area contributed by atoms with Crippen LogP contribution in [0.5, 0.6) is 0 Å². The van der Waals surface area contributed by atoms with Gasteiger partial charge in [-0.2, -0.15) is 0 Å². The van der Waals surface area contributed by atoms with Crippen molar-refractivity contribution in [3.05, 3.63) is 0 Å². The maximum Gasteiger partial charge on any atom is 0.328 e. The molecule has 11 nitrogen and oxygen atoms in total. The van der Waals surface area contributed by atoms with E-state index >= 15 is 0 Å². The van der Waals surface area contributed by atoms with Crippen LogP contribution in [0.1, 0.15) is 40.5 Å². The molecule has 1 saturated heterocycles. The van der Waals surface area contributed by atoms with Crippen LogP contribution in [0.3, 0.4) is 0 Å². The van der Waals surface area contributed by atoms with Gasteiger partial charge in [-0.25, -0.2) is 4.79 Å². The van der Waals surface area contributed by atoms with Crippen molar-refractivity contribution in [3.8, 4) is 0 Å². The third-order valence-electron chi connectivity index (χ3n) is 4.94. The first-order valence-corrected chi connectivity index (χ1v) is 9.64. The Hall–Kier alpha value is -2.24. The number of rotatable bonds is 9. The van der Waals surface area contributed by atoms with E-state index < -0.39 is 60.1 Å². The largest absolute Gasteiger partial charge is 0.480 e. The molecule has 1 heterocycles. The van der Waals surface area contributed by atoms with E-state index in [1.54, 1.807) is 13.8 Å². The zero-order chi connectivity index (χ0) is 22.5. The first-order chi connectivity index (χ1) is 13.4. The van der Waals surface area contributed by atoms with Gasteiger partial charge in [0.2, 0.25) is 17.7 Å². The maximum atomic E-state index is 12.8. The number of aliphatic hydroxyl groups excluding tert-OH is 2. The summed E-state index contributed by atoms with van der Waals surface area (Å²) in [7, 11) is 0. The molecule has 6 atom stereocenters. The number of nitrogens with zero attached hydrogens (tertiary/aromatic N) is 1. The molecule has 11 heteroatoms. The molecule has 0 unspecified atom stereocenters. The van der Waals surface area contributed by atoms with Crippen LogP contribution < -0.4 is 16.4 Å². The molecule has 166 valence electrons. The fourth-order valence-corrected chi connectivity index (χ4v) is 3.12. The number of aliphatic carboxylic acids is 1. The molecule has 0 aromatic carbocycles. The summed E-state index contributed by atoms with van der Waals surface area (Å²) < 4.78 is 0. The van der Waals surface area contributed by atoms with Crippen molar-refractivity contribution in [2.24, 2.45) is 11.7 Å². The topological polar surface area (TPSA) is 182 Å². The minimum Gasteiger partial charge on any atom is -0.480 e. The number of hydrogen-bond acceptors (Lipinski definition) is 7. The monoisotopic (exact) mass is 416 g/mol. The summed E-state index contributed by atoms with van der Waals surface area (Å²) >= 11 is 0. The lowest BCUT2D eigenvalue weighted by Crippen LogP contribution is -2.59. The number of hydrogen-bond donors (Lipinski definition) is 6. The Balaban J connectivity index is 2.90. The van der Waals surface area contributed by atoms with Crippen LogP contribution >= 0.6 is 0 Å². The summed E-state index contributed by atoms with van der Waals surface area (Å²) in [5.74, 6) is -3.65. The predicted octanol–water partition coefficient (Wildman–Crippen LogP) is -2.22. The van der Waals surface area contributed by atoms with Crippen LogP contribution in [0.2, 0.25) is 0 Å². The van der Waals surface area contributed by atoms with Crippen molar-refractivity contribution in [1.82, 2.24) is 15.5 Å². The molecule has 1 aliphatic heterocycles. The lowest BCUT2D eigenvalue weighted by molar-refractivity contribution is -0.146. The highest BCUT2D eigenvalue weighted by atomic mass is 16.4. The highest BCUT2D eigenvalue weighted by Gasteiger charge is 2.39. The first kappa shape index (κ1) is 24.8. The fourth-order valence-electron chi connectivity index (χ4n) is 3.12. The van der Waals surface area contributed by atoms with Gasteiger partial charge in [-0.05, 0) is 32.6 Å². The van der Waals surface area contributed by atoms with Gasteiger partial charge in [0.1, 0.15) is 18.1 Å². The molecule has 0 aromatic rings. The number of carboxylic acids is 1. The third-order valence-corrected chi connectivity index (χ3v) is 4.94. The zero-order valence-electron chi connectivity index (χ0n) is 17.2. The smallest absolute Gasteiger partial charge is 0.328 e. The van der Waals surface area contributed by atoms with Gasteiger partial charge in [0.15, 0.2) is 6.04 Å². The van der Waals surface area contributed by atoms with E-state index in [1.165, 1.54) is 18.7 Å². The number of carbonyl (C=O) groups excluding carboxylic acids is 3. The third kappa shape index (κ3) is 6.38. The normalized spacial score (nSPS) is 21.8. The molecule has 0 aliphatic carbocycles. The summed E-state index contributed by atoms with van der Waals surface area (Å²) in [5.41, 5.74) is 5.70. The number of carboxylic acid groups (broad SMARTS) is 1. The Morgan fingerprint density at radius 3 is 2.03 bits per heavy atom. The Labute approximate surface area is 169 Å². The number of nitrogens with one attached hydrogen (secondary N) is 2. The molecule has 3 amide bonds. The molecule has 1 aliphatic rings. The van der Waals surface area contributed by atoms with Crippen LogP contribution in [-0.4, -0.2) is 86.8 Å². The van der Waals surface area contributed by atoms with Crippen LogP contribution in [-0.2, 0) is 19.2 Å². The van der Waals surface area contributed by atoms with Crippen molar-refractivity contribution < 1.29 is 34.5 Å². The van der Waals surface area contributed by atoms with Crippen LogP contribution in [0.15, 0.2) is 0 Å². The average Bonchev–Trinajstić information content (AvgIpc) is 3.11. The summed E-state index contributed by atoms with van der Waals surface area (Å²) in [5, 5.41) is 33.0. The quantitative estimate of drug-likeness (QED) is 0.244. The summed E-state index contributed by atoms with van der Waals surface area (Å²) in [6.45, 7) is 6.26. The van der Waals surface area contributed by atoms with Gasteiger partial charge in [-0.1, -0.05) is 13.8 Å². The van der Waals surface area contributed by atoms with Gasteiger partial charge in [0.05, 0.1) is 12.2 Å². The molecule has 0 bridgehead atoms. The van der Waals surface area contributed by atoms with E-state index in [9.17, 15) is 29.4 Å². The van der Waals surface area contributed by atoms with Crippen LogP contribution in [0.25, 0.3) is 0 Å². The van der Waals surface area contributed by atoms with E-state index in [0.29, 0.717) is 19.4 Å². The van der Waals surface area contributed by atoms with Crippen molar-refractivity contribution >= 4 is 23.7 Å². The second-order valence-electron chi connectivity index (χ2n) is 7.75. The van der Waals surface area contributed by atoms with Gasteiger partial charge in [0, 0.05) is 6.54 Å². The van der Waals surface area contributed by atoms with Crippen LogP contribution in [0.4, 0.5) is 0 Å². The number of carbonyl (C=O) groups is 4. The number of aliphatic hydroxyl groups is 2. The molecule has 0 radical (unpaired) electrons. The Kier molecular flexibility index (Phi) is 8.99. The average molecular weight is 416 g/mol. The minimum absolute atomic E-state index is 0.305. The molecule has 0 spiro atoms.